The summed E-state index contributed by atoms with van der Waals surface area (Å²) in [6, 6.07) is 1.32. The van der Waals surface area contributed by atoms with Crippen molar-refractivity contribution < 1.29 is 9.90 Å². The normalized spacial score (nSPS) is 13.2. The summed E-state index contributed by atoms with van der Waals surface area (Å²) < 4.78 is 0. The first-order valence-electron chi connectivity index (χ1n) is 3.54. The van der Waals surface area contributed by atoms with E-state index in [-0.39, 0.29) is 0 Å². The number of aliphatic carboxylic acids is 1. The van der Waals surface area contributed by atoms with Crippen molar-refractivity contribution in [3.63, 3.8) is 0 Å². The first kappa shape index (κ1) is 9.22. The largest absolute Gasteiger partial charge is 0.480 e. The molecule has 0 aliphatic heterocycles. The van der Waals surface area contributed by atoms with E-state index in [9.17, 15) is 4.79 Å². The van der Waals surface area contributed by atoms with Gasteiger partial charge in [0.1, 0.15) is 6.04 Å². The molecule has 1 N–H and O–H groups in total. The number of nitrogens with zero attached hydrogens (tertiary/aromatic N) is 1. The lowest BCUT2D eigenvalue weighted by Gasteiger charge is -2.18. The summed E-state index contributed by atoms with van der Waals surface area (Å²) in [6.45, 7) is 0. The van der Waals surface area contributed by atoms with Crippen LogP contribution < -0.4 is 0 Å². The predicted octanol–water partition coefficient (Wildman–Crippen LogP) is 1.44. The van der Waals surface area contributed by atoms with E-state index in [1.165, 1.54) is 11.3 Å². The molecule has 4 heteroatoms. The number of rotatable bonds is 3. The Bertz CT molecular complexity index is 256. The van der Waals surface area contributed by atoms with Crippen molar-refractivity contribution in [1.82, 2.24) is 4.90 Å². The molecule has 0 fully saturated rings. The minimum atomic E-state index is -0.807. The third-order valence-electron chi connectivity index (χ3n) is 1.61. The first-order valence-corrected chi connectivity index (χ1v) is 4.48. The van der Waals surface area contributed by atoms with Crippen LogP contribution in [-0.2, 0) is 4.79 Å². The van der Waals surface area contributed by atoms with E-state index < -0.39 is 12.0 Å². The van der Waals surface area contributed by atoms with Crippen LogP contribution in [0.2, 0.25) is 0 Å². The van der Waals surface area contributed by atoms with Gasteiger partial charge in [0.05, 0.1) is 0 Å². The van der Waals surface area contributed by atoms with E-state index in [0.29, 0.717) is 0 Å². The second-order valence-electron chi connectivity index (χ2n) is 2.76. The van der Waals surface area contributed by atoms with Crippen LogP contribution in [0.5, 0.6) is 0 Å². The van der Waals surface area contributed by atoms with Crippen LogP contribution >= 0.6 is 11.3 Å². The second-order valence-corrected chi connectivity index (χ2v) is 3.54. The average Bonchev–Trinajstić information content (AvgIpc) is 2.37. The fourth-order valence-corrected chi connectivity index (χ4v) is 1.77. The number of hydrogen-bond acceptors (Lipinski definition) is 3. The highest BCUT2D eigenvalue weighted by molar-refractivity contribution is 7.08. The summed E-state index contributed by atoms with van der Waals surface area (Å²) in [5, 5.41) is 12.6. The average molecular weight is 185 g/mol. The molecule has 3 nitrogen and oxygen atoms in total. The van der Waals surface area contributed by atoms with E-state index in [1.54, 1.807) is 19.0 Å². The second kappa shape index (κ2) is 3.69. The summed E-state index contributed by atoms with van der Waals surface area (Å²) in [7, 11) is 3.52. The summed E-state index contributed by atoms with van der Waals surface area (Å²) >= 11 is 1.51. The number of carboxylic acids is 1. The van der Waals surface area contributed by atoms with Gasteiger partial charge in [-0.15, -0.1) is 0 Å². The van der Waals surface area contributed by atoms with Gasteiger partial charge in [-0.05, 0) is 36.5 Å². The minimum absolute atomic E-state index is 0.517. The van der Waals surface area contributed by atoms with Gasteiger partial charge in [0.2, 0.25) is 0 Å². The lowest BCUT2D eigenvalue weighted by Crippen LogP contribution is -2.26. The number of carbonyl (C=O) groups is 1. The molecule has 1 aromatic rings. The van der Waals surface area contributed by atoms with Crippen LogP contribution in [0.1, 0.15) is 11.6 Å². The van der Waals surface area contributed by atoms with Gasteiger partial charge < -0.3 is 5.11 Å². The molecule has 1 rings (SSSR count). The van der Waals surface area contributed by atoms with Gasteiger partial charge in [0.15, 0.2) is 0 Å². The Morgan fingerprint density at radius 2 is 2.33 bits per heavy atom. The number of thiophene rings is 1. The van der Waals surface area contributed by atoms with Crippen LogP contribution in [0.25, 0.3) is 0 Å². The number of likely N-dealkylation sites (N-methyl/N-ethyl adjacent to an activating group) is 1. The quantitative estimate of drug-likeness (QED) is 0.774. The molecule has 0 aromatic carbocycles. The molecule has 0 spiro atoms. The van der Waals surface area contributed by atoms with E-state index in [1.807, 2.05) is 16.8 Å². The van der Waals surface area contributed by atoms with Gasteiger partial charge in [-0.25, -0.2) is 0 Å². The predicted molar refractivity (Wildman–Crippen MR) is 48.4 cm³/mol. The maximum atomic E-state index is 10.8. The SMILES string of the molecule is CN(C)[C@H](C(=O)O)c1ccsc1. The van der Waals surface area contributed by atoms with Gasteiger partial charge >= 0.3 is 5.97 Å². The lowest BCUT2D eigenvalue weighted by atomic mass is 10.1. The van der Waals surface area contributed by atoms with Gasteiger partial charge in [0.25, 0.3) is 0 Å². The van der Waals surface area contributed by atoms with E-state index >= 15 is 0 Å². The molecule has 1 atom stereocenters. The maximum absolute atomic E-state index is 10.8. The Labute approximate surface area is 75.2 Å². The molecule has 12 heavy (non-hydrogen) atoms. The molecule has 0 aliphatic carbocycles. The van der Waals surface area contributed by atoms with Gasteiger partial charge in [-0.1, -0.05) is 0 Å². The number of carboxylic acid groups (broad SMARTS) is 1. The highest BCUT2D eigenvalue weighted by Gasteiger charge is 2.21. The monoisotopic (exact) mass is 185 g/mol. The third-order valence-corrected chi connectivity index (χ3v) is 2.31. The molecule has 1 heterocycles. The van der Waals surface area contributed by atoms with E-state index in [4.69, 9.17) is 5.11 Å². The van der Waals surface area contributed by atoms with Crippen molar-refractivity contribution >= 4 is 17.3 Å². The summed E-state index contributed by atoms with van der Waals surface area (Å²) in [4.78, 5) is 12.5. The summed E-state index contributed by atoms with van der Waals surface area (Å²) in [5.74, 6) is -0.807. The topological polar surface area (TPSA) is 40.5 Å². The molecule has 0 radical (unpaired) electrons. The highest BCUT2D eigenvalue weighted by Crippen LogP contribution is 2.20. The molecule has 0 saturated carbocycles. The van der Waals surface area contributed by atoms with Crippen molar-refractivity contribution in [3.8, 4) is 0 Å². The minimum Gasteiger partial charge on any atom is -0.480 e. The van der Waals surface area contributed by atoms with Crippen LogP contribution in [0.15, 0.2) is 16.8 Å². The smallest absolute Gasteiger partial charge is 0.325 e. The molecule has 0 bridgehead atoms. The van der Waals surface area contributed by atoms with Crippen molar-refractivity contribution in [2.45, 2.75) is 6.04 Å². The van der Waals surface area contributed by atoms with E-state index in [2.05, 4.69) is 0 Å². The van der Waals surface area contributed by atoms with Crippen molar-refractivity contribution in [3.05, 3.63) is 22.4 Å². The van der Waals surface area contributed by atoms with Crippen molar-refractivity contribution in [2.75, 3.05) is 14.1 Å². The Balaban J connectivity index is 2.88. The molecule has 1 aromatic heterocycles. The molecule has 0 amide bonds. The lowest BCUT2D eigenvalue weighted by molar-refractivity contribution is -0.142. The Hall–Kier alpha value is -0.870. The van der Waals surface area contributed by atoms with Crippen LogP contribution in [0.4, 0.5) is 0 Å². The van der Waals surface area contributed by atoms with Gasteiger partial charge in [0, 0.05) is 0 Å². The Morgan fingerprint density at radius 1 is 1.67 bits per heavy atom. The zero-order chi connectivity index (χ0) is 9.14. The molecule has 66 valence electrons. The summed E-state index contributed by atoms with van der Waals surface area (Å²) in [5.41, 5.74) is 0.845. The Morgan fingerprint density at radius 3 is 2.67 bits per heavy atom. The Kier molecular flexibility index (Phi) is 2.83. The maximum Gasteiger partial charge on any atom is 0.325 e. The molecule has 0 aliphatic rings. The van der Waals surface area contributed by atoms with Crippen molar-refractivity contribution in [1.29, 1.82) is 0 Å². The fraction of sp³-hybridized carbons (Fsp3) is 0.375. The summed E-state index contributed by atoms with van der Waals surface area (Å²) in [6.07, 6.45) is 0. The zero-order valence-electron chi connectivity index (χ0n) is 7.02. The molecule has 0 unspecified atom stereocenters. The number of hydrogen-bond donors (Lipinski definition) is 1. The van der Waals surface area contributed by atoms with Crippen LogP contribution in [0.3, 0.4) is 0 Å². The van der Waals surface area contributed by atoms with Gasteiger partial charge in [-0.3, -0.25) is 9.69 Å². The molecular weight excluding hydrogens is 174 g/mol. The zero-order valence-corrected chi connectivity index (χ0v) is 7.84. The third kappa shape index (κ3) is 1.84. The first-order chi connectivity index (χ1) is 5.63. The van der Waals surface area contributed by atoms with Crippen LogP contribution in [0, 0.1) is 0 Å². The van der Waals surface area contributed by atoms with Crippen molar-refractivity contribution in [2.24, 2.45) is 0 Å². The van der Waals surface area contributed by atoms with E-state index in [0.717, 1.165) is 5.56 Å². The standard InChI is InChI=1S/C8H11NO2S/c1-9(2)7(8(10)11)6-3-4-12-5-6/h3-5,7H,1-2H3,(H,10,11)/t7-/m0/s1. The van der Waals surface area contributed by atoms with Crippen LogP contribution in [-0.4, -0.2) is 30.1 Å². The molecular formula is C8H11NO2S. The molecule has 0 saturated heterocycles. The fourth-order valence-electron chi connectivity index (χ4n) is 1.09. The van der Waals surface area contributed by atoms with Gasteiger partial charge in [-0.2, -0.15) is 11.3 Å². The highest BCUT2D eigenvalue weighted by atomic mass is 32.1.